The molecule has 0 amide bonds. The van der Waals surface area contributed by atoms with Gasteiger partial charge in [0.05, 0.1) is 16.5 Å². The Balaban J connectivity index is 2.10. The second kappa shape index (κ2) is 6.15. The molecular weight excluding hydrogens is 262 g/mol. The Morgan fingerprint density at radius 3 is 2.63 bits per heavy atom. The van der Waals surface area contributed by atoms with Crippen LogP contribution in [0.3, 0.4) is 0 Å². The number of benzene rings is 1. The third-order valence-corrected chi connectivity index (χ3v) is 4.73. The van der Waals surface area contributed by atoms with Gasteiger partial charge < -0.3 is 5.32 Å². The highest BCUT2D eigenvalue weighted by Gasteiger charge is 2.20. The fourth-order valence-electron chi connectivity index (χ4n) is 2.13. The third-order valence-electron chi connectivity index (χ3n) is 3.19. The van der Waals surface area contributed by atoms with Crippen LogP contribution in [0.1, 0.15) is 24.8 Å². The zero-order chi connectivity index (χ0) is 13.7. The summed E-state index contributed by atoms with van der Waals surface area (Å²) in [4.78, 5) is 0.212. The molecular formula is C13H17N3O2S. The number of hydrogen-bond donors (Lipinski definition) is 2. The van der Waals surface area contributed by atoms with Gasteiger partial charge >= 0.3 is 0 Å². The van der Waals surface area contributed by atoms with Gasteiger partial charge in [0.1, 0.15) is 0 Å². The largest absolute Gasteiger partial charge is 0.317 e. The van der Waals surface area contributed by atoms with Crippen molar-refractivity contribution in [2.24, 2.45) is 0 Å². The van der Waals surface area contributed by atoms with Crippen molar-refractivity contribution in [1.29, 1.82) is 5.26 Å². The van der Waals surface area contributed by atoms with Crippen LogP contribution >= 0.6 is 0 Å². The number of hydrogen-bond acceptors (Lipinski definition) is 4. The number of nitriles is 1. The van der Waals surface area contributed by atoms with Gasteiger partial charge in [-0.25, -0.2) is 13.1 Å². The van der Waals surface area contributed by atoms with Crippen LogP contribution in [0.2, 0.25) is 0 Å². The third kappa shape index (κ3) is 3.77. The van der Waals surface area contributed by atoms with E-state index in [4.69, 9.17) is 5.26 Å². The number of nitrogens with zero attached hydrogens (tertiary/aromatic N) is 1. The molecule has 1 aromatic carbocycles. The normalized spacial score (nSPS) is 20.5. The fourth-order valence-corrected chi connectivity index (χ4v) is 3.44. The van der Waals surface area contributed by atoms with E-state index in [1.54, 1.807) is 0 Å². The molecule has 102 valence electrons. The maximum atomic E-state index is 12.2. The van der Waals surface area contributed by atoms with Gasteiger partial charge in [-0.15, -0.1) is 0 Å². The molecule has 2 rings (SSSR count). The van der Waals surface area contributed by atoms with Crippen molar-refractivity contribution < 1.29 is 8.42 Å². The standard InChI is InChI=1S/C13H17N3O2S/c14-10-11-3-5-13(6-4-11)19(17,18)16-12-2-1-8-15-9-7-12/h3-6,12,15-16H,1-2,7-9H2. The van der Waals surface area contributed by atoms with Crippen LogP contribution in [-0.4, -0.2) is 27.5 Å². The average Bonchev–Trinajstić information content (AvgIpc) is 2.67. The number of rotatable bonds is 3. The molecule has 0 aromatic heterocycles. The molecule has 0 bridgehead atoms. The molecule has 1 saturated heterocycles. The summed E-state index contributed by atoms with van der Waals surface area (Å²) < 4.78 is 27.1. The van der Waals surface area contributed by atoms with Crippen LogP contribution in [0.5, 0.6) is 0 Å². The Kier molecular flexibility index (Phi) is 4.53. The highest BCUT2D eigenvalue weighted by Crippen LogP contribution is 2.13. The van der Waals surface area contributed by atoms with Crippen LogP contribution in [0.15, 0.2) is 29.2 Å². The van der Waals surface area contributed by atoms with Crippen LogP contribution in [0.25, 0.3) is 0 Å². The van der Waals surface area contributed by atoms with Crippen LogP contribution < -0.4 is 10.0 Å². The van der Waals surface area contributed by atoms with Gasteiger partial charge in [0, 0.05) is 6.04 Å². The van der Waals surface area contributed by atoms with Gasteiger partial charge in [-0.3, -0.25) is 0 Å². The molecule has 0 saturated carbocycles. The first kappa shape index (κ1) is 14.0. The summed E-state index contributed by atoms with van der Waals surface area (Å²) >= 11 is 0. The molecule has 1 unspecified atom stereocenters. The van der Waals surface area contributed by atoms with Crippen molar-refractivity contribution in [3.8, 4) is 6.07 Å². The van der Waals surface area contributed by atoms with Gasteiger partial charge in [0.2, 0.25) is 10.0 Å². The summed E-state index contributed by atoms with van der Waals surface area (Å²) in [6.45, 7) is 1.77. The summed E-state index contributed by atoms with van der Waals surface area (Å²) in [5.41, 5.74) is 0.456. The molecule has 6 heteroatoms. The van der Waals surface area contributed by atoms with Crippen molar-refractivity contribution >= 4 is 10.0 Å². The van der Waals surface area contributed by atoms with E-state index in [2.05, 4.69) is 10.0 Å². The van der Waals surface area contributed by atoms with E-state index in [0.29, 0.717) is 5.56 Å². The molecule has 1 aliphatic heterocycles. The molecule has 1 aliphatic rings. The topological polar surface area (TPSA) is 82.0 Å². The number of nitrogens with one attached hydrogen (secondary N) is 2. The molecule has 1 atom stereocenters. The van der Waals surface area contributed by atoms with Gasteiger partial charge in [0.15, 0.2) is 0 Å². The lowest BCUT2D eigenvalue weighted by molar-refractivity contribution is 0.518. The quantitative estimate of drug-likeness (QED) is 0.864. The highest BCUT2D eigenvalue weighted by atomic mass is 32.2. The Labute approximate surface area is 113 Å². The Hall–Kier alpha value is -1.42. The minimum absolute atomic E-state index is 0.0179. The van der Waals surface area contributed by atoms with Crippen molar-refractivity contribution in [3.63, 3.8) is 0 Å². The van der Waals surface area contributed by atoms with E-state index in [0.717, 1.165) is 32.4 Å². The van der Waals surface area contributed by atoms with E-state index in [1.165, 1.54) is 24.3 Å². The smallest absolute Gasteiger partial charge is 0.240 e. The van der Waals surface area contributed by atoms with Crippen molar-refractivity contribution in [3.05, 3.63) is 29.8 Å². The molecule has 1 fully saturated rings. The van der Waals surface area contributed by atoms with Gasteiger partial charge in [-0.1, -0.05) is 0 Å². The van der Waals surface area contributed by atoms with E-state index in [9.17, 15) is 8.42 Å². The Bertz CT molecular complexity index is 553. The maximum Gasteiger partial charge on any atom is 0.240 e. The minimum atomic E-state index is -3.49. The summed E-state index contributed by atoms with van der Waals surface area (Å²) in [5.74, 6) is 0. The van der Waals surface area contributed by atoms with Crippen molar-refractivity contribution in [2.75, 3.05) is 13.1 Å². The molecule has 5 nitrogen and oxygen atoms in total. The predicted octanol–water partition coefficient (Wildman–Crippen LogP) is 0.979. The summed E-state index contributed by atoms with van der Waals surface area (Å²) in [6.07, 6.45) is 2.62. The van der Waals surface area contributed by atoms with Gasteiger partial charge in [-0.2, -0.15) is 5.26 Å². The Morgan fingerprint density at radius 2 is 1.95 bits per heavy atom. The molecule has 19 heavy (non-hydrogen) atoms. The van der Waals surface area contributed by atoms with Gasteiger partial charge in [0.25, 0.3) is 0 Å². The molecule has 1 heterocycles. The van der Waals surface area contributed by atoms with E-state index >= 15 is 0 Å². The van der Waals surface area contributed by atoms with Crippen LogP contribution in [0, 0.1) is 11.3 Å². The minimum Gasteiger partial charge on any atom is -0.317 e. The van der Waals surface area contributed by atoms with E-state index in [1.807, 2.05) is 6.07 Å². The van der Waals surface area contributed by atoms with Crippen LogP contribution in [0.4, 0.5) is 0 Å². The predicted molar refractivity (Wildman–Crippen MR) is 72.0 cm³/mol. The Morgan fingerprint density at radius 1 is 1.21 bits per heavy atom. The first-order chi connectivity index (χ1) is 9.12. The first-order valence-electron chi connectivity index (χ1n) is 6.35. The first-order valence-corrected chi connectivity index (χ1v) is 7.83. The maximum absolute atomic E-state index is 12.2. The second-order valence-electron chi connectivity index (χ2n) is 4.64. The lowest BCUT2D eigenvalue weighted by Crippen LogP contribution is -2.35. The molecule has 0 radical (unpaired) electrons. The van der Waals surface area contributed by atoms with Crippen molar-refractivity contribution in [1.82, 2.24) is 10.0 Å². The second-order valence-corrected chi connectivity index (χ2v) is 6.35. The summed E-state index contributed by atoms with van der Waals surface area (Å²) in [6, 6.07) is 7.92. The SMILES string of the molecule is N#Cc1ccc(S(=O)(=O)NC2CCCNCC2)cc1. The monoisotopic (exact) mass is 279 g/mol. The lowest BCUT2D eigenvalue weighted by Gasteiger charge is -2.16. The zero-order valence-corrected chi connectivity index (χ0v) is 11.4. The van der Waals surface area contributed by atoms with E-state index in [-0.39, 0.29) is 10.9 Å². The fraction of sp³-hybridized carbons (Fsp3) is 0.462. The molecule has 0 spiro atoms. The average molecular weight is 279 g/mol. The molecule has 1 aromatic rings. The van der Waals surface area contributed by atoms with E-state index < -0.39 is 10.0 Å². The highest BCUT2D eigenvalue weighted by molar-refractivity contribution is 7.89. The summed E-state index contributed by atoms with van der Waals surface area (Å²) in [5, 5.41) is 11.9. The van der Waals surface area contributed by atoms with Crippen LogP contribution in [-0.2, 0) is 10.0 Å². The number of sulfonamides is 1. The molecule has 2 N–H and O–H groups in total. The zero-order valence-electron chi connectivity index (χ0n) is 10.6. The van der Waals surface area contributed by atoms with Gasteiger partial charge in [-0.05, 0) is 56.6 Å². The lowest BCUT2D eigenvalue weighted by atomic mass is 10.1. The van der Waals surface area contributed by atoms with Crippen molar-refractivity contribution in [2.45, 2.75) is 30.2 Å². The summed E-state index contributed by atoms with van der Waals surface area (Å²) in [7, 11) is -3.49. The molecule has 0 aliphatic carbocycles.